The second-order valence-corrected chi connectivity index (χ2v) is 3.69. The van der Waals surface area contributed by atoms with E-state index in [0.717, 1.165) is 11.3 Å². The highest BCUT2D eigenvalue weighted by molar-refractivity contribution is 5.35. The zero-order valence-corrected chi connectivity index (χ0v) is 8.99. The summed E-state index contributed by atoms with van der Waals surface area (Å²) in [7, 11) is 0. The van der Waals surface area contributed by atoms with Crippen LogP contribution in [0.25, 0.3) is 0 Å². The van der Waals surface area contributed by atoms with Gasteiger partial charge in [-0.25, -0.2) is 0 Å². The fraction of sp³-hybridized carbons (Fsp3) is 0.231. The van der Waals surface area contributed by atoms with Crippen LogP contribution in [0.15, 0.2) is 41.2 Å². The first-order valence-corrected chi connectivity index (χ1v) is 4.97. The summed E-state index contributed by atoms with van der Waals surface area (Å²) >= 11 is 0. The predicted molar refractivity (Wildman–Crippen MR) is 59.0 cm³/mol. The normalized spacial score (nSPS) is 10.3. The van der Waals surface area contributed by atoms with Gasteiger partial charge in [-0.15, -0.1) is 0 Å². The van der Waals surface area contributed by atoms with Crippen LogP contribution in [0, 0.1) is 13.8 Å². The summed E-state index contributed by atoms with van der Waals surface area (Å²) in [5, 5.41) is 0. The van der Waals surface area contributed by atoms with Crippen LogP contribution in [0.3, 0.4) is 0 Å². The molecule has 0 unspecified atom stereocenters. The Morgan fingerprint density at radius 1 is 1.20 bits per heavy atom. The molecule has 1 aromatic heterocycles. The summed E-state index contributed by atoms with van der Waals surface area (Å²) in [4.78, 5) is 0. The van der Waals surface area contributed by atoms with Crippen molar-refractivity contribution in [3.8, 4) is 5.75 Å². The molecule has 2 rings (SSSR count). The molecule has 0 aliphatic carbocycles. The molecule has 0 spiro atoms. The fourth-order valence-corrected chi connectivity index (χ4v) is 1.50. The number of ether oxygens (including phenoxy) is 1. The van der Waals surface area contributed by atoms with E-state index in [2.05, 4.69) is 26.0 Å². The predicted octanol–water partition coefficient (Wildman–Crippen LogP) is 3.48. The number of hydrogen-bond donors (Lipinski definition) is 0. The monoisotopic (exact) mass is 202 g/mol. The third-order valence-electron chi connectivity index (χ3n) is 2.30. The second-order valence-electron chi connectivity index (χ2n) is 3.69. The highest BCUT2D eigenvalue weighted by Gasteiger charge is 2.00. The lowest BCUT2D eigenvalue weighted by atomic mass is 10.1. The van der Waals surface area contributed by atoms with Crippen LogP contribution in [-0.4, -0.2) is 0 Å². The van der Waals surface area contributed by atoms with E-state index in [-0.39, 0.29) is 0 Å². The molecule has 0 amide bonds. The molecule has 2 aromatic rings. The van der Waals surface area contributed by atoms with Crippen molar-refractivity contribution in [1.29, 1.82) is 0 Å². The standard InChI is InChI=1S/C13H14O2/c1-10-3-4-13(11(2)7-10)15-9-12-5-6-14-8-12/h3-8H,9H2,1-2H3. The van der Waals surface area contributed by atoms with Gasteiger partial charge in [0.2, 0.25) is 0 Å². The molecule has 0 bridgehead atoms. The Labute approximate surface area is 89.5 Å². The number of benzene rings is 1. The molecule has 0 fully saturated rings. The summed E-state index contributed by atoms with van der Waals surface area (Å²) in [6.07, 6.45) is 3.35. The number of aryl methyl sites for hydroxylation is 2. The number of rotatable bonds is 3. The van der Waals surface area contributed by atoms with Gasteiger partial charge in [-0.3, -0.25) is 0 Å². The Morgan fingerprint density at radius 2 is 2.07 bits per heavy atom. The van der Waals surface area contributed by atoms with E-state index in [1.165, 1.54) is 11.1 Å². The molecule has 2 heteroatoms. The molecule has 0 atom stereocenters. The zero-order valence-electron chi connectivity index (χ0n) is 8.99. The van der Waals surface area contributed by atoms with Crippen LogP contribution in [0.1, 0.15) is 16.7 Å². The summed E-state index contributed by atoms with van der Waals surface area (Å²) in [6, 6.07) is 8.08. The Kier molecular flexibility index (Phi) is 2.77. The third-order valence-corrected chi connectivity index (χ3v) is 2.30. The minimum atomic E-state index is 0.556. The van der Waals surface area contributed by atoms with Crippen LogP contribution < -0.4 is 4.74 Å². The Bertz CT molecular complexity index is 430. The quantitative estimate of drug-likeness (QED) is 0.760. The lowest BCUT2D eigenvalue weighted by Gasteiger charge is -2.08. The lowest BCUT2D eigenvalue weighted by Crippen LogP contribution is -1.95. The van der Waals surface area contributed by atoms with Gasteiger partial charge in [0.1, 0.15) is 12.4 Å². The van der Waals surface area contributed by atoms with Crippen molar-refractivity contribution in [1.82, 2.24) is 0 Å². The van der Waals surface area contributed by atoms with Crippen molar-refractivity contribution >= 4 is 0 Å². The maximum atomic E-state index is 5.68. The first-order chi connectivity index (χ1) is 7.25. The van der Waals surface area contributed by atoms with Gasteiger partial charge in [0, 0.05) is 5.56 Å². The topological polar surface area (TPSA) is 22.4 Å². The van der Waals surface area contributed by atoms with Crippen molar-refractivity contribution in [3.63, 3.8) is 0 Å². The highest BCUT2D eigenvalue weighted by atomic mass is 16.5. The molecule has 1 aromatic carbocycles. The minimum absolute atomic E-state index is 0.556. The largest absolute Gasteiger partial charge is 0.489 e. The fourth-order valence-electron chi connectivity index (χ4n) is 1.50. The molecule has 0 saturated heterocycles. The Hall–Kier alpha value is -1.70. The van der Waals surface area contributed by atoms with Gasteiger partial charge in [0.05, 0.1) is 12.5 Å². The molecule has 15 heavy (non-hydrogen) atoms. The van der Waals surface area contributed by atoms with Gasteiger partial charge in [0.15, 0.2) is 0 Å². The van der Waals surface area contributed by atoms with Gasteiger partial charge in [0.25, 0.3) is 0 Å². The lowest BCUT2D eigenvalue weighted by molar-refractivity contribution is 0.302. The van der Waals surface area contributed by atoms with E-state index < -0.39 is 0 Å². The molecular weight excluding hydrogens is 188 g/mol. The van der Waals surface area contributed by atoms with Gasteiger partial charge in [-0.1, -0.05) is 17.7 Å². The summed E-state index contributed by atoms with van der Waals surface area (Å²) in [5.74, 6) is 0.932. The van der Waals surface area contributed by atoms with Crippen molar-refractivity contribution in [2.24, 2.45) is 0 Å². The Balaban J connectivity index is 2.05. The minimum Gasteiger partial charge on any atom is -0.489 e. The first kappa shape index (κ1) is 9.84. The van der Waals surface area contributed by atoms with E-state index in [4.69, 9.17) is 9.15 Å². The molecule has 0 radical (unpaired) electrons. The second kappa shape index (κ2) is 4.22. The van der Waals surface area contributed by atoms with Gasteiger partial charge in [-0.05, 0) is 31.5 Å². The number of hydrogen-bond acceptors (Lipinski definition) is 2. The average molecular weight is 202 g/mol. The van der Waals surface area contributed by atoms with Crippen LogP contribution in [0.5, 0.6) is 5.75 Å². The average Bonchev–Trinajstić information content (AvgIpc) is 2.69. The summed E-state index contributed by atoms with van der Waals surface area (Å²) < 4.78 is 10.6. The SMILES string of the molecule is Cc1ccc(OCc2ccoc2)c(C)c1. The maximum Gasteiger partial charge on any atom is 0.122 e. The van der Waals surface area contributed by atoms with Crippen molar-refractivity contribution in [3.05, 3.63) is 53.5 Å². The molecule has 2 nitrogen and oxygen atoms in total. The Morgan fingerprint density at radius 3 is 2.73 bits per heavy atom. The molecule has 0 N–H and O–H groups in total. The van der Waals surface area contributed by atoms with E-state index in [0.29, 0.717) is 6.61 Å². The van der Waals surface area contributed by atoms with Crippen LogP contribution in [0.2, 0.25) is 0 Å². The van der Waals surface area contributed by atoms with E-state index in [1.807, 2.05) is 12.1 Å². The van der Waals surface area contributed by atoms with E-state index >= 15 is 0 Å². The van der Waals surface area contributed by atoms with Gasteiger partial charge >= 0.3 is 0 Å². The smallest absolute Gasteiger partial charge is 0.122 e. The molecule has 0 aliphatic rings. The van der Waals surface area contributed by atoms with Crippen LogP contribution in [-0.2, 0) is 6.61 Å². The third kappa shape index (κ3) is 2.40. The first-order valence-electron chi connectivity index (χ1n) is 4.97. The molecule has 78 valence electrons. The van der Waals surface area contributed by atoms with Crippen LogP contribution in [0.4, 0.5) is 0 Å². The molecule has 0 aliphatic heterocycles. The maximum absolute atomic E-state index is 5.68. The summed E-state index contributed by atoms with van der Waals surface area (Å²) in [6.45, 7) is 4.69. The van der Waals surface area contributed by atoms with Crippen LogP contribution >= 0.6 is 0 Å². The summed E-state index contributed by atoms with van der Waals surface area (Å²) in [5.41, 5.74) is 3.47. The molecule has 0 saturated carbocycles. The highest BCUT2D eigenvalue weighted by Crippen LogP contribution is 2.19. The van der Waals surface area contributed by atoms with E-state index in [9.17, 15) is 0 Å². The van der Waals surface area contributed by atoms with Crippen molar-refractivity contribution in [2.45, 2.75) is 20.5 Å². The molecule has 1 heterocycles. The van der Waals surface area contributed by atoms with Crippen molar-refractivity contribution < 1.29 is 9.15 Å². The molecular formula is C13H14O2. The van der Waals surface area contributed by atoms with Gasteiger partial charge in [-0.2, -0.15) is 0 Å². The van der Waals surface area contributed by atoms with E-state index in [1.54, 1.807) is 12.5 Å². The van der Waals surface area contributed by atoms with Crippen molar-refractivity contribution in [2.75, 3.05) is 0 Å². The van der Waals surface area contributed by atoms with Gasteiger partial charge < -0.3 is 9.15 Å². The number of furan rings is 1. The zero-order chi connectivity index (χ0) is 10.7.